The van der Waals surface area contributed by atoms with Gasteiger partial charge in [0.2, 0.25) is 0 Å². The summed E-state index contributed by atoms with van der Waals surface area (Å²) in [6.45, 7) is 13.3. The fraction of sp³-hybridized carbons (Fsp3) is 0.773. The third kappa shape index (κ3) is 19.2. The van der Waals surface area contributed by atoms with Crippen LogP contribution < -0.4 is 22.9 Å². The first-order valence-electron chi connectivity index (χ1n) is 21.5. The maximum atomic E-state index is 13.3. The first-order chi connectivity index (χ1) is 27.8. The Labute approximate surface area is 355 Å². The van der Waals surface area contributed by atoms with Crippen molar-refractivity contribution >= 4 is 58.2 Å². The van der Waals surface area contributed by atoms with Crippen LogP contribution in [0.1, 0.15) is 145 Å². The van der Waals surface area contributed by atoms with E-state index in [-0.39, 0.29) is 48.1 Å². The fourth-order valence-electron chi connectivity index (χ4n) is 6.66. The van der Waals surface area contributed by atoms with Crippen molar-refractivity contribution in [1.82, 2.24) is 0 Å². The Kier molecular flexibility index (Phi) is 26.1. The standard InChI is InChI=1S/C44H74N4O12/c1-23(2)35(45)39(53)29(33(51)21-31(43(57)58)41(55)37(47)25(5)6)19-27(49)17-15-13-11-9-10-12-14-16-18-28(50)20-30(40(54)36(46)24(3)4)34(52)22-32(44(59)60)42(56)38(48)26(7)8/h23-26,29-32,35-38H,9-22,45-48H2,1-8H3,(H,57,58)(H,59,60)/t29-,30-,31-,32-,35-,36-,37-,38-/m0/s1. The Bertz CT molecular complexity index is 1400. The highest BCUT2D eigenvalue weighted by Gasteiger charge is 2.41. The number of hydrogen-bond acceptors (Lipinski definition) is 14. The Morgan fingerprint density at radius 1 is 0.350 bits per heavy atom. The third-order valence-corrected chi connectivity index (χ3v) is 11.3. The molecule has 0 aliphatic heterocycles. The van der Waals surface area contributed by atoms with Gasteiger partial charge in [-0.2, -0.15) is 0 Å². The van der Waals surface area contributed by atoms with E-state index >= 15 is 0 Å². The van der Waals surface area contributed by atoms with Crippen molar-refractivity contribution in [3.63, 3.8) is 0 Å². The van der Waals surface area contributed by atoms with Gasteiger partial charge in [0.05, 0.1) is 36.0 Å². The SMILES string of the molecule is CC(C)[C@H](N)C(=O)[C@H](CC(=O)[C@H](CC(=O)CCCCCCCCCCC(=O)C[C@@H](C(=O)C[C@H](C(=O)O)C(=O)[C@@H](N)C(C)C)C(=O)[C@@H](N)C(C)C)C(=O)[C@@H](N)C(C)C)C(=O)O. The zero-order valence-corrected chi connectivity index (χ0v) is 37.1. The number of carbonyl (C=O) groups excluding carboxylic acids is 8. The average molecular weight is 851 g/mol. The minimum Gasteiger partial charge on any atom is -0.481 e. The average Bonchev–Trinajstić information content (AvgIpc) is 3.17. The van der Waals surface area contributed by atoms with Crippen LogP contribution in [0.15, 0.2) is 0 Å². The van der Waals surface area contributed by atoms with Gasteiger partial charge in [0.25, 0.3) is 0 Å². The van der Waals surface area contributed by atoms with Gasteiger partial charge >= 0.3 is 11.9 Å². The van der Waals surface area contributed by atoms with Gasteiger partial charge in [0.1, 0.15) is 35.0 Å². The van der Waals surface area contributed by atoms with Gasteiger partial charge in [-0.05, 0) is 36.5 Å². The number of nitrogens with two attached hydrogens (primary N) is 4. The van der Waals surface area contributed by atoms with Crippen LogP contribution in [0, 0.1) is 47.3 Å². The van der Waals surface area contributed by atoms with E-state index in [0.717, 1.165) is 25.7 Å². The quantitative estimate of drug-likeness (QED) is 0.0392. The molecule has 8 atom stereocenters. The highest BCUT2D eigenvalue weighted by Crippen LogP contribution is 2.24. The highest BCUT2D eigenvalue weighted by atomic mass is 16.4. The molecule has 0 aliphatic rings. The van der Waals surface area contributed by atoms with Crippen molar-refractivity contribution in [1.29, 1.82) is 0 Å². The summed E-state index contributed by atoms with van der Waals surface area (Å²) in [5.41, 5.74) is 23.8. The predicted octanol–water partition coefficient (Wildman–Crippen LogP) is 3.57. The molecule has 0 amide bonds. The van der Waals surface area contributed by atoms with Crippen molar-refractivity contribution in [3.8, 4) is 0 Å². The number of Topliss-reactive ketones (excluding diaryl/α,β-unsaturated/α-hetero) is 8. The minimum atomic E-state index is -1.75. The van der Waals surface area contributed by atoms with E-state index in [9.17, 15) is 58.2 Å². The number of rotatable bonds is 35. The lowest BCUT2D eigenvalue weighted by Gasteiger charge is -2.23. The van der Waals surface area contributed by atoms with E-state index < -0.39 is 120 Å². The van der Waals surface area contributed by atoms with Gasteiger partial charge in [-0.3, -0.25) is 47.9 Å². The van der Waals surface area contributed by atoms with Crippen LogP contribution in [0.4, 0.5) is 0 Å². The molecule has 16 nitrogen and oxygen atoms in total. The number of ketones is 8. The van der Waals surface area contributed by atoms with Gasteiger partial charge in [-0.25, -0.2) is 0 Å². The van der Waals surface area contributed by atoms with Crippen molar-refractivity contribution in [2.45, 2.75) is 169 Å². The van der Waals surface area contributed by atoms with Crippen LogP contribution in [0.25, 0.3) is 0 Å². The number of carbonyl (C=O) groups is 10. The monoisotopic (exact) mass is 851 g/mol. The van der Waals surface area contributed by atoms with E-state index in [1.165, 1.54) is 0 Å². The molecular weight excluding hydrogens is 776 g/mol. The fourth-order valence-corrected chi connectivity index (χ4v) is 6.66. The molecule has 0 aromatic carbocycles. The van der Waals surface area contributed by atoms with Gasteiger partial charge in [-0.15, -0.1) is 0 Å². The van der Waals surface area contributed by atoms with Gasteiger partial charge in [0.15, 0.2) is 23.1 Å². The second-order valence-electron chi connectivity index (χ2n) is 17.7. The number of unbranched alkanes of at least 4 members (excludes halogenated alkanes) is 7. The molecule has 342 valence electrons. The summed E-state index contributed by atoms with van der Waals surface area (Å²) >= 11 is 0. The number of carboxylic acids is 2. The summed E-state index contributed by atoms with van der Waals surface area (Å²) in [4.78, 5) is 128. The second kappa shape index (κ2) is 27.9. The van der Waals surface area contributed by atoms with Crippen LogP contribution in [0.3, 0.4) is 0 Å². The molecule has 0 heterocycles. The molecule has 16 heteroatoms. The highest BCUT2D eigenvalue weighted by molar-refractivity contribution is 6.12. The van der Waals surface area contributed by atoms with Crippen LogP contribution in [0.2, 0.25) is 0 Å². The molecule has 0 saturated heterocycles. The van der Waals surface area contributed by atoms with E-state index in [1.807, 2.05) is 0 Å². The van der Waals surface area contributed by atoms with Crippen LogP contribution in [-0.2, 0) is 47.9 Å². The third-order valence-electron chi connectivity index (χ3n) is 11.3. The minimum absolute atomic E-state index is 0.0996. The largest absolute Gasteiger partial charge is 0.481 e. The topological polar surface area (TPSA) is 315 Å². The molecule has 0 bridgehead atoms. The van der Waals surface area contributed by atoms with Crippen molar-refractivity contribution in [3.05, 3.63) is 0 Å². The lowest BCUT2D eigenvalue weighted by atomic mass is 9.80. The van der Waals surface area contributed by atoms with Gasteiger partial charge in [0, 0.05) is 38.5 Å². The second-order valence-corrected chi connectivity index (χ2v) is 17.7. The maximum Gasteiger partial charge on any atom is 0.314 e. The zero-order valence-electron chi connectivity index (χ0n) is 37.1. The number of aliphatic carboxylic acids is 2. The zero-order chi connectivity index (χ0) is 46.6. The Hall–Kier alpha value is -3.86. The molecule has 0 unspecified atom stereocenters. The number of hydrogen-bond donors (Lipinski definition) is 6. The van der Waals surface area contributed by atoms with Crippen molar-refractivity contribution in [2.24, 2.45) is 70.3 Å². The molecule has 0 saturated carbocycles. The Balaban J connectivity index is 5.10. The maximum absolute atomic E-state index is 13.3. The Morgan fingerprint density at radius 2 is 0.567 bits per heavy atom. The van der Waals surface area contributed by atoms with E-state index in [4.69, 9.17) is 22.9 Å². The molecule has 0 spiro atoms. The molecule has 0 aromatic heterocycles. The molecule has 0 aromatic rings. The van der Waals surface area contributed by atoms with Crippen LogP contribution in [0.5, 0.6) is 0 Å². The van der Waals surface area contributed by atoms with Crippen molar-refractivity contribution in [2.75, 3.05) is 0 Å². The first-order valence-corrected chi connectivity index (χ1v) is 21.5. The van der Waals surface area contributed by atoms with Crippen LogP contribution >= 0.6 is 0 Å². The first kappa shape index (κ1) is 56.1. The smallest absolute Gasteiger partial charge is 0.314 e. The van der Waals surface area contributed by atoms with E-state index in [1.54, 1.807) is 55.4 Å². The van der Waals surface area contributed by atoms with E-state index in [2.05, 4.69) is 0 Å². The molecular formula is C44H74N4O12. The van der Waals surface area contributed by atoms with E-state index in [0.29, 0.717) is 25.7 Å². The molecule has 10 N–H and O–H groups in total. The Morgan fingerprint density at radius 3 is 0.783 bits per heavy atom. The summed E-state index contributed by atoms with van der Waals surface area (Å²) in [7, 11) is 0. The normalized spacial score (nSPS) is 15.8. The lowest BCUT2D eigenvalue weighted by Crippen LogP contribution is -2.46. The summed E-state index contributed by atoms with van der Waals surface area (Å²) in [5.74, 6) is -16.3. The van der Waals surface area contributed by atoms with Crippen molar-refractivity contribution < 1.29 is 58.2 Å². The molecule has 0 radical (unpaired) electrons. The summed E-state index contributed by atoms with van der Waals surface area (Å²) in [5, 5.41) is 19.4. The van der Waals surface area contributed by atoms with Gasteiger partial charge in [-0.1, -0.05) is 93.9 Å². The summed E-state index contributed by atoms with van der Waals surface area (Å²) in [6, 6.07) is -4.35. The molecule has 0 aliphatic carbocycles. The summed E-state index contributed by atoms with van der Waals surface area (Å²) < 4.78 is 0. The summed E-state index contributed by atoms with van der Waals surface area (Å²) in [6.07, 6.45) is 3.49. The molecule has 0 fully saturated rings. The van der Waals surface area contributed by atoms with Gasteiger partial charge < -0.3 is 33.1 Å². The number of carboxylic acid groups (broad SMARTS) is 2. The van der Waals surface area contributed by atoms with Crippen LogP contribution in [-0.4, -0.2) is 92.6 Å². The lowest BCUT2D eigenvalue weighted by molar-refractivity contribution is -0.151. The molecule has 0 rings (SSSR count). The predicted molar refractivity (Wildman–Crippen MR) is 225 cm³/mol. The molecule has 60 heavy (non-hydrogen) atoms.